The van der Waals surface area contributed by atoms with E-state index in [4.69, 9.17) is 4.74 Å². The van der Waals surface area contributed by atoms with Gasteiger partial charge in [-0.3, -0.25) is 0 Å². The summed E-state index contributed by atoms with van der Waals surface area (Å²) in [6.45, 7) is 0. The van der Waals surface area contributed by atoms with E-state index in [9.17, 15) is 4.39 Å². The van der Waals surface area contributed by atoms with Gasteiger partial charge in [0.25, 0.3) is 0 Å². The van der Waals surface area contributed by atoms with Crippen LogP contribution in [-0.4, -0.2) is 4.98 Å². The Morgan fingerprint density at radius 2 is 2.14 bits per heavy atom. The zero-order valence-electron chi connectivity index (χ0n) is 7.27. The SMILES string of the molecule is Fc1[c]cccc1Oc1ccccn1. The first-order valence-electron chi connectivity index (χ1n) is 4.11. The second-order valence-corrected chi connectivity index (χ2v) is 2.62. The van der Waals surface area contributed by atoms with Crippen LogP contribution >= 0.6 is 0 Å². The molecule has 69 valence electrons. The molecular formula is C11H7FNO. The van der Waals surface area contributed by atoms with Crippen LogP contribution in [0.2, 0.25) is 0 Å². The number of pyridine rings is 1. The van der Waals surface area contributed by atoms with Crippen molar-refractivity contribution < 1.29 is 9.13 Å². The van der Waals surface area contributed by atoms with Crippen LogP contribution in [0.5, 0.6) is 11.6 Å². The number of halogens is 1. The number of nitrogens with zero attached hydrogens (tertiary/aromatic N) is 1. The molecule has 3 heteroatoms. The number of rotatable bonds is 2. The lowest BCUT2D eigenvalue weighted by atomic mass is 10.3. The van der Waals surface area contributed by atoms with Crippen LogP contribution in [0, 0.1) is 11.9 Å². The summed E-state index contributed by atoms with van der Waals surface area (Å²) < 4.78 is 18.3. The van der Waals surface area contributed by atoms with Gasteiger partial charge in [0.2, 0.25) is 5.88 Å². The van der Waals surface area contributed by atoms with Crippen LogP contribution in [0.3, 0.4) is 0 Å². The minimum absolute atomic E-state index is 0.131. The summed E-state index contributed by atoms with van der Waals surface area (Å²) in [5.41, 5.74) is 0. The molecular weight excluding hydrogens is 181 g/mol. The average molecular weight is 188 g/mol. The van der Waals surface area contributed by atoms with Crippen LogP contribution < -0.4 is 4.74 Å². The molecule has 0 fully saturated rings. The maximum Gasteiger partial charge on any atom is 0.219 e. The van der Waals surface area contributed by atoms with Crippen molar-refractivity contribution >= 4 is 0 Å². The van der Waals surface area contributed by atoms with Crippen molar-refractivity contribution in [2.75, 3.05) is 0 Å². The van der Waals surface area contributed by atoms with Crippen molar-refractivity contribution in [2.45, 2.75) is 0 Å². The quantitative estimate of drug-likeness (QED) is 0.722. The van der Waals surface area contributed by atoms with Crippen molar-refractivity contribution in [1.29, 1.82) is 0 Å². The topological polar surface area (TPSA) is 22.1 Å². The Balaban J connectivity index is 2.24. The molecule has 0 spiro atoms. The molecule has 1 aromatic heterocycles. The monoisotopic (exact) mass is 188 g/mol. The lowest BCUT2D eigenvalue weighted by Crippen LogP contribution is -1.89. The molecule has 14 heavy (non-hydrogen) atoms. The van der Waals surface area contributed by atoms with Gasteiger partial charge in [-0.15, -0.1) is 0 Å². The fourth-order valence-electron chi connectivity index (χ4n) is 1.00. The van der Waals surface area contributed by atoms with Gasteiger partial charge in [-0.1, -0.05) is 18.2 Å². The highest BCUT2D eigenvalue weighted by Gasteiger charge is 2.02. The van der Waals surface area contributed by atoms with E-state index in [1.165, 1.54) is 12.1 Å². The Kier molecular flexibility index (Phi) is 2.40. The van der Waals surface area contributed by atoms with Gasteiger partial charge in [0.15, 0.2) is 11.6 Å². The van der Waals surface area contributed by atoms with Crippen molar-refractivity contribution in [3.8, 4) is 11.6 Å². The van der Waals surface area contributed by atoms with Crippen molar-refractivity contribution in [1.82, 2.24) is 4.98 Å². The zero-order valence-corrected chi connectivity index (χ0v) is 7.27. The highest BCUT2D eigenvalue weighted by Crippen LogP contribution is 2.21. The van der Waals surface area contributed by atoms with E-state index in [1.807, 2.05) is 0 Å². The minimum Gasteiger partial charge on any atom is -0.436 e. The van der Waals surface area contributed by atoms with E-state index < -0.39 is 5.82 Å². The maximum atomic E-state index is 13.1. The first-order valence-corrected chi connectivity index (χ1v) is 4.11. The largest absolute Gasteiger partial charge is 0.436 e. The van der Waals surface area contributed by atoms with Crippen LogP contribution in [-0.2, 0) is 0 Å². The summed E-state index contributed by atoms with van der Waals surface area (Å²) in [5.74, 6) is -0.0182. The standard InChI is InChI=1S/C11H7FNO/c12-9-5-1-2-6-10(9)14-11-7-3-4-8-13-11/h1-4,6-8H. The molecule has 2 nitrogen and oxygen atoms in total. The minimum atomic E-state index is -0.516. The third kappa shape index (κ3) is 1.88. The van der Waals surface area contributed by atoms with Gasteiger partial charge in [0.05, 0.1) is 0 Å². The summed E-state index contributed by atoms with van der Waals surface area (Å²) in [7, 11) is 0. The Labute approximate surface area is 81.0 Å². The molecule has 2 rings (SSSR count). The van der Waals surface area contributed by atoms with E-state index in [1.54, 1.807) is 30.5 Å². The van der Waals surface area contributed by atoms with Crippen LogP contribution in [0.25, 0.3) is 0 Å². The number of benzene rings is 1. The summed E-state index contributed by atoms with van der Waals surface area (Å²) in [4.78, 5) is 3.91. The number of aromatic nitrogens is 1. The fourth-order valence-corrected chi connectivity index (χ4v) is 1.00. The van der Waals surface area contributed by atoms with Crippen molar-refractivity contribution in [3.05, 3.63) is 54.5 Å². The Bertz CT molecular complexity index is 417. The lowest BCUT2D eigenvalue weighted by molar-refractivity contribution is 0.427. The van der Waals surface area contributed by atoms with Crippen molar-refractivity contribution in [3.63, 3.8) is 0 Å². The van der Waals surface area contributed by atoms with Gasteiger partial charge < -0.3 is 4.74 Å². The molecule has 0 aliphatic heterocycles. The number of hydrogen-bond acceptors (Lipinski definition) is 2. The van der Waals surface area contributed by atoms with Crippen LogP contribution in [0.4, 0.5) is 4.39 Å². The molecule has 1 heterocycles. The molecule has 0 amide bonds. The fraction of sp³-hybridized carbons (Fsp3) is 0. The van der Waals surface area contributed by atoms with Crippen LogP contribution in [0.1, 0.15) is 0 Å². The predicted molar refractivity (Wildman–Crippen MR) is 49.5 cm³/mol. The van der Waals surface area contributed by atoms with Crippen molar-refractivity contribution in [2.24, 2.45) is 0 Å². The van der Waals surface area contributed by atoms with Gasteiger partial charge in [0, 0.05) is 18.3 Å². The van der Waals surface area contributed by atoms with Gasteiger partial charge in [0.1, 0.15) is 0 Å². The highest BCUT2D eigenvalue weighted by atomic mass is 19.1. The summed E-state index contributed by atoms with van der Waals surface area (Å²) >= 11 is 0. The van der Waals surface area contributed by atoms with Gasteiger partial charge in [-0.25, -0.2) is 9.37 Å². The lowest BCUT2D eigenvalue weighted by Gasteiger charge is -2.03. The summed E-state index contributed by atoms with van der Waals surface area (Å²) in [6, 6.07) is 12.3. The number of hydrogen-bond donors (Lipinski definition) is 0. The maximum absolute atomic E-state index is 13.1. The Morgan fingerprint density at radius 1 is 1.21 bits per heavy atom. The van der Waals surface area contributed by atoms with Gasteiger partial charge in [-0.2, -0.15) is 0 Å². The third-order valence-electron chi connectivity index (χ3n) is 1.62. The predicted octanol–water partition coefficient (Wildman–Crippen LogP) is 2.81. The van der Waals surface area contributed by atoms with Crippen LogP contribution in [0.15, 0.2) is 42.6 Å². The molecule has 0 aliphatic rings. The van der Waals surface area contributed by atoms with E-state index in [0.29, 0.717) is 5.88 Å². The average Bonchev–Trinajstić information content (AvgIpc) is 2.23. The van der Waals surface area contributed by atoms with E-state index in [-0.39, 0.29) is 5.75 Å². The van der Waals surface area contributed by atoms with E-state index in [0.717, 1.165) is 0 Å². The van der Waals surface area contributed by atoms with E-state index in [2.05, 4.69) is 11.1 Å². The molecule has 0 saturated carbocycles. The molecule has 1 radical (unpaired) electrons. The molecule has 0 saturated heterocycles. The summed E-state index contributed by atoms with van der Waals surface area (Å²) in [6.07, 6.45) is 1.58. The second kappa shape index (κ2) is 3.87. The molecule has 0 N–H and O–H groups in total. The first-order chi connectivity index (χ1) is 6.86. The molecule has 0 aliphatic carbocycles. The normalized spacial score (nSPS) is 9.79. The number of ether oxygens (including phenoxy) is 1. The Morgan fingerprint density at radius 3 is 2.86 bits per heavy atom. The molecule has 0 bridgehead atoms. The van der Waals surface area contributed by atoms with E-state index >= 15 is 0 Å². The first kappa shape index (κ1) is 8.69. The molecule has 0 unspecified atom stereocenters. The third-order valence-corrected chi connectivity index (χ3v) is 1.62. The molecule has 0 atom stereocenters. The van der Waals surface area contributed by atoms with Gasteiger partial charge >= 0.3 is 0 Å². The second-order valence-electron chi connectivity index (χ2n) is 2.62. The Hall–Kier alpha value is -1.90. The zero-order chi connectivity index (χ0) is 9.80. The molecule has 2 aromatic rings. The smallest absolute Gasteiger partial charge is 0.219 e. The molecule has 1 aromatic carbocycles. The van der Waals surface area contributed by atoms with Gasteiger partial charge in [-0.05, 0) is 12.1 Å². The summed E-state index contributed by atoms with van der Waals surface area (Å²) in [5, 5.41) is 0. The highest BCUT2D eigenvalue weighted by molar-refractivity contribution is 5.27.